The number of aryl methyl sites for hydroxylation is 1. The first-order valence-corrected chi connectivity index (χ1v) is 16.3. The molecule has 2 amide bonds. The number of fused-ring (bicyclic) bond motifs is 9. The monoisotopic (exact) mass is 614 g/mol. The van der Waals surface area contributed by atoms with Crippen LogP contribution >= 0.6 is 34.7 Å². The average molecular weight is 615 g/mol. The minimum atomic E-state index is -0.361. The van der Waals surface area contributed by atoms with E-state index in [2.05, 4.69) is 36.2 Å². The highest BCUT2D eigenvalue weighted by Crippen LogP contribution is 2.69. The van der Waals surface area contributed by atoms with Gasteiger partial charge in [-0.3, -0.25) is 19.3 Å². The Morgan fingerprint density at radius 2 is 1.69 bits per heavy atom. The molecule has 6 unspecified atom stereocenters. The molecule has 2 aliphatic heterocycles. The van der Waals surface area contributed by atoms with Gasteiger partial charge in [-0.15, -0.1) is 11.8 Å². The third-order valence-corrected chi connectivity index (χ3v) is 12.4. The highest BCUT2D eigenvalue weighted by Gasteiger charge is 2.69. The molecule has 0 radical (unpaired) electrons. The summed E-state index contributed by atoms with van der Waals surface area (Å²) in [7, 11) is 0. The van der Waals surface area contributed by atoms with Crippen molar-refractivity contribution < 1.29 is 14.3 Å². The second-order valence-corrected chi connectivity index (χ2v) is 14.4. The van der Waals surface area contributed by atoms with E-state index in [1.807, 2.05) is 48.5 Å². The molecular weight excluding hydrogens is 588 g/mol. The van der Waals surface area contributed by atoms with Crippen molar-refractivity contribution in [1.82, 2.24) is 4.98 Å². The number of hydrogen-bond acceptors (Lipinski definition) is 6. The second-order valence-electron chi connectivity index (χ2n) is 11.8. The fourth-order valence-corrected chi connectivity index (χ4v) is 11.0. The number of thiazole rings is 1. The zero-order valence-corrected chi connectivity index (χ0v) is 25.0. The molecule has 0 spiro atoms. The number of nitrogens with one attached hydrogen (secondary N) is 1. The molecule has 2 saturated carbocycles. The summed E-state index contributed by atoms with van der Waals surface area (Å²) in [6, 6.07) is 23.2. The predicted octanol–water partition coefficient (Wildman–Crippen LogP) is 6.66. The van der Waals surface area contributed by atoms with Crippen molar-refractivity contribution >= 4 is 52.2 Å². The molecule has 3 heterocycles. The SMILES string of the molecule is Cc1ccc(COc2ccc(Cl)cc2[C@H]2c3sc(=O)[nH]c3SC3C4CC(C5C(=O)N(c6ccccc6)C(=O)C45)C32)cc1. The molecule has 4 aromatic rings. The standard InChI is InChI=1S/C33H27ClN2O4S2/c1-16-7-9-17(10-8-16)15-40-23-12-11-18(34)13-20(23)24-25-21-14-22(28(25)41-30-29(24)42-33(39)35-30)27-26(21)31(37)36(32(27)38)19-5-3-2-4-6-19/h2-13,21-22,24-28H,14-15H2,1H3,(H,35,39)/t21?,22?,24-,25?,26?,27?,28?/m1/s1. The lowest BCUT2D eigenvalue weighted by Crippen LogP contribution is -2.42. The van der Waals surface area contributed by atoms with E-state index < -0.39 is 0 Å². The summed E-state index contributed by atoms with van der Waals surface area (Å²) in [5, 5.41) is 1.55. The van der Waals surface area contributed by atoms with Gasteiger partial charge in [0.05, 0.1) is 22.5 Å². The van der Waals surface area contributed by atoms with Gasteiger partial charge in [0.15, 0.2) is 0 Å². The minimum Gasteiger partial charge on any atom is -0.489 e. The van der Waals surface area contributed by atoms with E-state index >= 15 is 0 Å². The molecule has 8 rings (SSSR count). The van der Waals surface area contributed by atoms with Gasteiger partial charge in [-0.1, -0.05) is 71.0 Å². The Morgan fingerprint density at radius 1 is 0.952 bits per heavy atom. The van der Waals surface area contributed by atoms with Crippen LogP contribution < -0.4 is 14.5 Å². The van der Waals surface area contributed by atoms with E-state index in [4.69, 9.17) is 16.3 Å². The summed E-state index contributed by atoms with van der Waals surface area (Å²) in [6.07, 6.45) is 0.827. The Kier molecular flexibility index (Phi) is 6.18. The summed E-state index contributed by atoms with van der Waals surface area (Å²) in [6.45, 7) is 2.46. The first-order chi connectivity index (χ1) is 20.4. The molecule has 1 N–H and O–H groups in total. The van der Waals surface area contributed by atoms with E-state index in [-0.39, 0.29) is 57.4 Å². The van der Waals surface area contributed by atoms with Gasteiger partial charge in [-0.25, -0.2) is 0 Å². The van der Waals surface area contributed by atoms with Crippen LogP contribution in [0.5, 0.6) is 5.75 Å². The van der Waals surface area contributed by atoms with Crippen LogP contribution in [-0.2, 0) is 16.2 Å². The van der Waals surface area contributed by atoms with Crippen LogP contribution in [0.1, 0.15) is 33.9 Å². The molecular formula is C33H27ClN2O4S2. The molecule has 212 valence electrons. The van der Waals surface area contributed by atoms with Gasteiger partial charge in [0.25, 0.3) is 0 Å². The first kappa shape index (κ1) is 26.3. The number of aromatic nitrogens is 1. The van der Waals surface area contributed by atoms with Crippen LogP contribution in [0.3, 0.4) is 0 Å². The molecule has 42 heavy (non-hydrogen) atoms. The van der Waals surface area contributed by atoms with Crippen molar-refractivity contribution in [3.8, 4) is 5.75 Å². The number of anilines is 1. The van der Waals surface area contributed by atoms with E-state index in [1.54, 1.807) is 11.8 Å². The molecule has 4 aliphatic rings. The number of ether oxygens (including phenoxy) is 1. The maximum Gasteiger partial charge on any atom is 0.305 e. The van der Waals surface area contributed by atoms with Crippen molar-refractivity contribution in [3.63, 3.8) is 0 Å². The van der Waals surface area contributed by atoms with E-state index in [0.29, 0.717) is 17.3 Å². The highest BCUT2D eigenvalue weighted by atomic mass is 35.5. The number of aromatic amines is 1. The topological polar surface area (TPSA) is 79.5 Å². The van der Waals surface area contributed by atoms with Gasteiger partial charge in [0.2, 0.25) is 11.8 Å². The number of nitrogens with zero attached hydrogens (tertiary/aromatic N) is 1. The molecule has 2 aliphatic carbocycles. The number of hydrogen-bond donors (Lipinski definition) is 1. The zero-order valence-electron chi connectivity index (χ0n) is 22.7. The second kappa shape index (κ2) is 9.86. The largest absolute Gasteiger partial charge is 0.489 e. The Labute approximate surface area is 256 Å². The number of benzene rings is 3. The number of H-pyrrole nitrogens is 1. The zero-order chi connectivity index (χ0) is 28.7. The quantitative estimate of drug-likeness (QED) is 0.255. The Morgan fingerprint density at radius 3 is 2.45 bits per heavy atom. The maximum atomic E-state index is 14.0. The summed E-state index contributed by atoms with van der Waals surface area (Å²) < 4.78 is 6.44. The first-order valence-electron chi connectivity index (χ1n) is 14.2. The summed E-state index contributed by atoms with van der Waals surface area (Å²) >= 11 is 9.52. The highest BCUT2D eigenvalue weighted by molar-refractivity contribution is 8.00. The fourth-order valence-electron chi connectivity index (χ4n) is 7.94. The minimum absolute atomic E-state index is 0.0157. The Balaban J connectivity index is 1.20. The number of para-hydroxylation sites is 1. The summed E-state index contributed by atoms with van der Waals surface area (Å²) in [4.78, 5) is 45.8. The molecule has 1 aromatic heterocycles. The van der Waals surface area contributed by atoms with E-state index in [9.17, 15) is 14.4 Å². The van der Waals surface area contributed by atoms with Gasteiger partial charge in [0.1, 0.15) is 12.4 Å². The predicted molar refractivity (Wildman–Crippen MR) is 164 cm³/mol. The summed E-state index contributed by atoms with van der Waals surface area (Å²) in [5.41, 5.74) is 3.82. The molecule has 6 nitrogen and oxygen atoms in total. The van der Waals surface area contributed by atoms with Gasteiger partial charge in [-0.2, -0.15) is 0 Å². The number of amides is 2. The number of carbonyl (C=O) groups is 2. The lowest BCUT2D eigenvalue weighted by Gasteiger charge is -2.43. The van der Waals surface area contributed by atoms with Crippen molar-refractivity contribution in [2.24, 2.45) is 29.6 Å². The van der Waals surface area contributed by atoms with Crippen LogP contribution in [0.15, 0.2) is 82.6 Å². The molecule has 3 fully saturated rings. The number of thioether (sulfide) groups is 1. The van der Waals surface area contributed by atoms with Crippen LogP contribution in [0, 0.1) is 36.5 Å². The van der Waals surface area contributed by atoms with Gasteiger partial charge in [-0.05, 0) is 67.0 Å². The lowest BCUT2D eigenvalue weighted by atomic mass is 9.68. The van der Waals surface area contributed by atoms with Gasteiger partial charge < -0.3 is 9.72 Å². The normalized spacial score (nSPS) is 29.0. The Hall–Kier alpha value is -3.33. The fraction of sp³-hybridized carbons (Fsp3) is 0.303. The summed E-state index contributed by atoms with van der Waals surface area (Å²) in [5.74, 6) is -0.200. The van der Waals surface area contributed by atoms with Crippen molar-refractivity contribution in [2.45, 2.75) is 36.1 Å². The number of imide groups is 1. The number of halogens is 1. The van der Waals surface area contributed by atoms with Gasteiger partial charge in [0, 0.05) is 26.6 Å². The number of rotatable bonds is 5. The molecule has 1 saturated heterocycles. The molecule has 9 heteroatoms. The van der Waals surface area contributed by atoms with Crippen molar-refractivity contribution in [2.75, 3.05) is 4.90 Å². The molecule has 2 bridgehead atoms. The maximum absolute atomic E-state index is 14.0. The molecule has 3 aromatic carbocycles. The van der Waals surface area contributed by atoms with Gasteiger partial charge >= 0.3 is 4.87 Å². The Bertz CT molecular complexity index is 1790. The van der Waals surface area contributed by atoms with Crippen molar-refractivity contribution in [1.29, 1.82) is 0 Å². The van der Waals surface area contributed by atoms with Crippen molar-refractivity contribution in [3.05, 3.63) is 109 Å². The third-order valence-electron chi connectivity index (χ3n) is 9.56. The van der Waals surface area contributed by atoms with Crippen LogP contribution in [0.25, 0.3) is 0 Å². The average Bonchev–Trinajstić information content (AvgIpc) is 3.72. The number of carbonyl (C=O) groups excluding carboxylic acids is 2. The van der Waals surface area contributed by atoms with Crippen LogP contribution in [0.2, 0.25) is 5.02 Å². The smallest absolute Gasteiger partial charge is 0.305 e. The van der Waals surface area contributed by atoms with Crippen LogP contribution in [-0.4, -0.2) is 22.0 Å². The van der Waals surface area contributed by atoms with E-state index in [0.717, 1.165) is 33.2 Å². The lowest BCUT2D eigenvalue weighted by molar-refractivity contribution is -0.123. The van der Waals surface area contributed by atoms with Crippen LogP contribution in [0.4, 0.5) is 5.69 Å². The third kappa shape index (κ3) is 3.95. The van der Waals surface area contributed by atoms with E-state index in [1.165, 1.54) is 21.8 Å². The molecule has 7 atom stereocenters.